The second-order valence-electron chi connectivity index (χ2n) is 9.60. The van der Waals surface area contributed by atoms with Gasteiger partial charge in [0, 0.05) is 0 Å². The summed E-state index contributed by atoms with van der Waals surface area (Å²) < 4.78 is 0. The van der Waals surface area contributed by atoms with E-state index in [4.69, 9.17) is 0 Å². The van der Waals surface area contributed by atoms with Gasteiger partial charge in [0.05, 0.1) is 0 Å². The molecule has 0 spiro atoms. The SMILES string of the molecule is [Zr+3].c1ccc([CH-]c2ccccc2)cc1.c1ccc2c(c1)[cH-]c1ccccc12.c1ccc2c(c1)[cH-]c1ccccc12. The Bertz CT molecular complexity index is 1680. The Morgan fingerprint density at radius 3 is 0.850 bits per heavy atom. The fourth-order valence-electron chi connectivity index (χ4n) is 5.10. The first-order valence-corrected chi connectivity index (χ1v) is 13.4. The van der Waals surface area contributed by atoms with E-state index in [0.717, 1.165) is 0 Å². The Morgan fingerprint density at radius 1 is 0.300 bits per heavy atom. The Hall–Kier alpha value is -4.19. The van der Waals surface area contributed by atoms with Gasteiger partial charge in [0.1, 0.15) is 0 Å². The van der Waals surface area contributed by atoms with Gasteiger partial charge in [-0.05, 0) is 0 Å². The van der Waals surface area contributed by atoms with Crippen LogP contribution in [0.1, 0.15) is 11.1 Å². The van der Waals surface area contributed by atoms with E-state index in [0.29, 0.717) is 0 Å². The molecule has 8 aromatic carbocycles. The third kappa shape index (κ3) is 6.33. The molecule has 40 heavy (non-hydrogen) atoms. The van der Waals surface area contributed by atoms with Gasteiger partial charge in [0.15, 0.2) is 0 Å². The van der Waals surface area contributed by atoms with E-state index >= 15 is 0 Å². The number of fused-ring (bicyclic) bond motifs is 6. The summed E-state index contributed by atoms with van der Waals surface area (Å²) in [6, 6.07) is 59.2. The summed E-state index contributed by atoms with van der Waals surface area (Å²) in [4.78, 5) is 0. The minimum absolute atomic E-state index is 0. The van der Waals surface area contributed by atoms with Crippen molar-refractivity contribution in [1.29, 1.82) is 0 Å². The summed E-state index contributed by atoms with van der Waals surface area (Å²) in [5, 5.41) is 10.8. The average Bonchev–Trinajstić information content (AvgIpc) is 3.58. The Labute approximate surface area is 255 Å². The zero-order valence-electron chi connectivity index (χ0n) is 22.2. The maximum Gasteiger partial charge on any atom is 3.00 e. The summed E-state index contributed by atoms with van der Waals surface area (Å²) in [6.07, 6.45) is 2.17. The molecule has 1 heteroatoms. The number of benzene rings is 6. The van der Waals surface area contributed by atoms with Gasteiger partial charge >= 0.3 is 26.2 Å². The van der Waals surface area contributed by atoms with Crippen LogP contribution in [0.5, 0.6) is 0 Å². The molecule has 0 fully saturated rings. The molecule has 1 radical (unpaired) electrons. The van der Waals surface area contributed by atoms with Crippen molar-refractivity contribution in [3.05, 3.63) is 187 Å². The van der Waals surface area contributed by atoms with Crippen molar-refractivity contribution in [3.8, 4) is 0 Å². The first-order chi connectivity index (χ1) is 19.3. The molecule has 0 saturated heterocycles. The van der Waals surface area contributed by atoms with E-state index < -0.39 is 0 Å². The van der Waals surface area contributed by atoms with Crippen LogP contribution in [0, 0.1) is 6.42 Å². The average molecular weight is 589 g/mol. The van der Waals surface area contributed by atoms with Gasteiger partial charge in [-0.1, -0.05) is 109 Å². The van der Waals surface area contributed by atoms with Crippen molar-refractivity contribution in [1.82, 2.24) is 0 Å². The molecule has 0 aliphatic rings. The molecule has 0 nitrogen and oxygen atoms in total. The standard InChI is InChI=1S/2C13H9.C13H11.Zr/c2*1-3-7-12-10(5-1)9-11-6-2-4-8-13(11)12;1-3-7-12(8-4-1)11-13-9-5-2-6-10-13;/h2*1-9H;1-11H;/q3*-1;+3. The fourth-order valence-corrected chi connectivity index (χ4v) is 5.10. The van der Waals surface area contributed by atoms with Crippen LogP contribution >= 0.6 is 0 Å². The molecular weight excluding hydrogens is 560 g/mol. The van der Waals surface area contributed by atoms with E-state index in [9.17, 15) is 0 Å². The zero-order valence-corrected chi connectivity index (χ0v) is 24.7. The van der Waals surface area contributed by atoms with E-state index in [1.165, 1.54) is 54.2 Å². The van der Waals surface area contributed by atoms with Crippen LogP contribution in [0.25, 0.3) is 43.1 Å². The van der Waals surface area contributed by atoms with Crippen molar-refractivity contribution < 1.29 is 26.2 Å². The van der Waals surface area contributed by atoms with Gasteiger partial charge in [-0.3, -0.25) is 0 Å². The molecule has 8 rings (SSSR count). The maximum atomic E-state index is 2.24. The summed E-state index contributed by atoms with van der Waals surface area (Å²) in [7, 11) is 0. The molecule has 189 valence electrons. The Morgan fingerprint density at radius 2 is 0.550 bits per heavy atom. The van der Waals surface area contributed by atoms with Gasteiger partial charge in [-0.15, -0.1) is 121 Å². The molecular formula is C39H29Zr. The second-order valence-corrected chi connectivity index (χ2v) is 9.60. The minimum atomic E-state index is 0. The normalized spacial score (nSPS) is 10.3. The van der Waals surface area contributed by atoms with Crippen molar-refractivity contribution in [2.75, 3.05) is 0 Å². The van der Waals surface area contributed by atoms with Crippen molar-refractivity contribution >= 4 is 43.1 Å². The Balaban J connectivity index is 0.000000120. The quantitative estimate of drug-likeness (QED) is 0.176. The van der Waals surface area contributed by atoms with Crippen molar-refractivity contribution in [2.45, 2.75) is 0 Å². The number of rotatable bonds is 2. The smallest absolute Gasteiger partial charge is 0.126 e. The van der Waals surface area contributed by atoms with Crippen LogP contribution in [-0.4, -0.2) is 0 Å². The summed E-state index contributed by atoms with van der Waals surface area (Å²) in [5.41, 5.74) is 2.49. The topological polar surface area (TPSA) is 0 Å². The summed E-state index contributed by atoms with van der Waals surface area (Å²) in [6.45, 7) is 0. The number of hydrogen-bond donors (Lipinski definition) is 0. The zero-order chi connectivity index (χ0) is 26.3. The molecule has 8 aromatic rings. The van der Waals surface area contributed by atoms with E-state index in [2.05, 4.69) is 164 Å². The van der Waals surface area contributed by atoms with Crippen LogP contribution < -0.4 is 0 Å². The molecule has 0 N–H and O–H groups in total. The van der Waals surface area contributed by atoms with Gasteiger partial charge in [-0.25, -0.2) is 0 Å². The monoisotopic (exact) mass is 587 g/mol. The fraction of sp³-hybridized carbons (Fsp3) is 0. The molecule has 0 unspecified atom stereocenters. The van der Waals surface area contributed by atoms with Gasteiger partial charge in [0.2, 0.25) is 0 Å². The first kappa shape index (κ1) is 27.4. The van der Waals surface area contributed by atoms with Crippen LogP contribution in [0.15, 0.2) is 170 Å². The predicted molar refractivity (Wildman–Crippen MR) is 169 cm³/mol. The molecule has 0 aromatic heterocycles. The third-order valence-corrected chi connectivity index (χ3v) is 6.98. The minimum Gasteiger partial charge on any atom is -0.126 e. The number of hydrogen-bond acceptors (Lipinski definition) is 0. The maximum absolute atomic E-state index is 2.24. The van der Waals surface area contributed by atoms with Crippen LogP contribution in [-0.2, 0) is 26.2 Å². The molecule has 0 atom stereocenters. The van der Waals surface area contributed by atoms with Gasteiger partial charge in [0.25, 0.3) is 0 Å². The van der Waals surface area contributed by atoms with Gasteiger partial charge in [-0.2, -0.15) is 0 Å². The van der Waals surface area contributed by atoms with Crippen molar-refractivity contribution in [2.24, 2.45) is 0 Å². The molecule has 0 aliphatic carbocycles. The largest absolute Gasteiger partial charge is 3.00 e. The van der Waals surface area contributed by atoms with Crippen LogP contribution in [0.4, 0.5) is 0 Å². The second kappa shape index (κ2) is 13.2. The van der Waals surface area contributed by atoms with Crippen LogP contribution in [0.3, 0.4) is 0 Å². The first-order valence-electron chi connectivity index (χ1n) is 13.4. The molecule has 0 aliphatic heterocycles. The summed E-state index contributed by atoms with van der Waals surface area (Å²) >= 11 is 0. The van der Waals surface area contributed by atoms with E-state index in [1.807, 2.05) is 12.1 Å². The molecule has 0 amide bonds. The molecule has 0 bridgehead atoms. The Kier molecular flexibility index (Phi) is 9.07. The molecule has 0 saturated carbocycles. The summed E-state index contributed by atoms with van der Waals surface area (Å²) in [5.74, 6) is 0. The van der Waals surface area contributed by atoms with E-state index in [-0.39, 0.29) is 26.2 Å². The van der Waals surface area contributed by atoms with E-state index in [1.54, 1.807) is 0 Å². The van der Waals surface area contributed by atoms with Gasteiger partial charge < -0.3 is 0 Å². The van der Waals surface area contributed by atoms with Crippen LogP contribution in [0.2, 0.25) is 0 Å². The predicted octanol–water partition coefficient (Wildman–Crippen LogP) is 10.7. The van der Waals surface area contributed by atoms with Crippen molar-refractivity contribution in [3.63, 3.8) is 0 Å². The third-order valence-electron chi connectivity index (χ3n) is 6.98. The molecule has 0 heterocycles.